The predicted molar refractivity (Wildman–Crippen MR) is 72.7 cm³/mol. The molecule has 0 spiro atoms. The molecule has 32 heavy (non-hydrogen) atoms. The minimum Gasteiger partial charge on any atom is -0.294 e. The first-order chi connectivity index (χ1) is 13.9. The minimum atomic E-state index is -7.18. The van der Waals surface area contributed by atoms with Crippen molar-refractivity contribution in [1.82, 2.24) is 0 Å². The molecule has 0 radical (unpaired) electrons. The number of thiophene rings is 1. The van der Waals surface area contributed by atoms with Crippen molar-refractivity contribution >= 4 is 22.9 Å². The maximum atomic E-state index is 13.6. The average molecular weight is 520 g/mol. The molecule has 0 bridgehead atoms. The van der Waals surface area contributed by atoms with Gasteiger partial charge in [-0.05, 0) is 19.1 Å². The van der Waals surface area contributed by atoms with E-state index in [1.54, 1.807) is 4.74 Å². The van der Waals surface area contributed by atoms with E-state index in [2.05, 4.69) is 4.74 Å². The highest BCUT2D eigenvalue weighted by Gasteiger charge is 2.74. The van der Waals surface area contributed by atoms with Crippen LogP contribution >= 0.6 is 11.3 Å². The zero-order chi connectivity index (χ0) is 25.6. The highest BCUT2D eigenvalue weighted by atomic mass is 32.1. The van der Waals surface area contributed by atoms with Gasteiger partial charge < -0.3 is 0 Å². The molecule has 0 N–H and O–H groups in total. The van der Waals surface area contributed by atoms with Crippen LogP contribution < -0.4 is 0 Å². The second kappa shape index (κ2) is 8.41. The third-order valence-corrected chi connectivity index (χ3v) is 4.06. The molecule has 0 saturated heterocycles. The summed E-state index contributed by atoms with van der Waals surface area (Å²) in [5.41, 5.74) is 0. The molecule has 0 unspecified atom stereocenters. The van der Waals surface area contributed by atoms with Crippen molar-refractivity contribution < 1.29 is 80.9 Å². The van der Waals surface area contributed by atoms with Crippen LogP contribution in [-0.4, -0.2) is 48.5 Å². The Morgan fingerprint density at radius 3 is 1.41 bits per heavy atom. The average Bonchev–Trinajstić information content (AvgIpc) is 2.99. The molecule has 0 fully saturated rings. The van der Waals surface area contributed by atoms with E-state index in [1.807, 2.05) is 0 Å². The highest BCUT2D eigenvalue weighted by molar-refractivity contribution is 7.16. The van der Waals surface area contributed by atoms with Crippen LogP contribution in [0.4, 0.5) is 57.1 Å². The highest BCUT2D eigenvalue weighted by Crippen LogP contribution is 2.49. The summed E-state index contributed by atoms with van der Waals surface area (Å²) in [7, 11) is 0. The molecule has 0 amide bonds. The molecule has 0 aliphatic rings. The molecule has 0 atom stereocenters. The Kier molecular flexibility index (Phi) is 7.37. The summed E-state index contributed by atoms with van der Waals surface area (Å²) >= 11 is -0.0369. The number of hydrogen-bond donors (Lipinski definition) is 0. The zero-order valence-electron chi connectivity index (χ0n) is 14.5. The number of ketones is 2. The number of halogens is 13. The Balaban J connectivity index is 3.13. The third-order valence-electron chi connectivity index (χ3n) is 2.88. The van der Waals surface area contributed by atoms with Crippen LogP contribution in [-0.2, 0) is 14.2 Å². The van der Waals surface area contributed by atoms with Gasteiger partial charge in [-0.2, -0.15) is 43.9 Å². The third kappa shape index (κ3) is 6.29. The number of hydrogen-bond acceptors (Lipinski definition) is 6. The number of carbonyl (C=O) groups excluding carboxylic acids is 2. The van der Waals surface area contributed by atoms with Gasteiger partial charge >= 0.3 is 36.9 Å². The number of rotatable bonds is 10. The molecule has 1 heterocycles. The van der Waals surface area contributed by atoms with Crippen LogP contribution in [0.25, 0.3) is 0 Å². The quantitative estimate of drug-likeness (QED) is 0.294. The second-order valence-electron chi connectivity index (χ2n) is 5.39. The van der Waals surface area contributed by atoms with Crippen LogP contribution in [0.5, 0.6) is 0 Å². The molecular formula is C13H5F13O5S. The van der Waals surface area contributed by atoms with Gasteiger partial charge in [-0.25, -0.2) is 14.2 Å². The van der Waals surface area contributed by atoms with Gasteiger partial charge in [0, 0.05) is 0 Å². The second-order valence-corrected chi connectivity index (χ2v) is 6.47. The fourth-order valence-corrected chi connectivity index (χ4v) is 2.41. The van der Waals surface area contributed by atoms with Gasteiger partial charge in [0.25, 0.3) is 5.78 Å². The molecule has 0 aliphatic carbocycles. The van der Waals surface area contributed by atoms with Crippen molar-refractivity contribution in [3.8, 4) is 0 Å². The molecule has 0 aromatic carbocycles. The van der Waals surface area contributed by atoms with Gasteiger partial charge in [0.1, 0.15) is 0 Å². The SMILES string of the molecule is CC(=O)c1ccc(C(=O)C(F)(F)OC(F)(F)C(F)(F)OC(F)(F)C(F)(F)OC(F)(F)F)s1. The van der Waals surface area contributed by atoms with E-state index in [0.717, 1.165) is 13.0 Å². The summed E-state index contributed by atoms with van der Waals surface area (Å²) in [4.78, 5) is 20.9. The van der Waals surface area contributed by atoms with E-state index in [4.69, 9.17) is 0 Å². The van der Waals surface area contributed by atoms with Gasteiger partial charge in [-0.1, -0.05) is 0 Å². The van der Waals surface area contributed by atoms with Gasteiger partial charge in [-0.15, -0.1) is 24.5 Å². The Labute approximate surface area is 170 Å². The van der Waals surface area contributed by atoms with Gasteiger partial charge in [0.05, 0.1) is 9.75 Å². The lowest BCUT2D eigenvalue weighted by atomic mass is 10.3. The summed E-state index contributed by atoms with van der Waals surface area (Å²) in [6.07, 6.45) is -40.9. The van der Waals surface area contributed by atoms with E-state index in [1.165, 1.54) is 4.74 Å². The van der Waals surface area contributed by atoms with Crippen molar-refractivity contribution in [2.24, 2.45) is 0 Å². The molecule has 0 saturated carbocycles. The summed E-state index contributed by atoms with van der Waals surface area (Å²) in [6, 6.07) is 1.20. The van der Waals surface area contributed by atoms with Crippen LogP contribution in [0.15, 0.2) is 12.1 Å². The largest absolute Gasteiger partial charge is 0.527 e. The van der Waals surface area contributed by atoms with Crippen molar-refractivity contribution in [2.75, 3.05) is 0 Å². The van der Waals surface area contributed by atoms with Gasteiger partial charge in [-0.3, -0.25) is 9.59 Å². The maximum Gasteiger partial charge on any atom is 0.527 e. The first-order valence-electron chi connectivity index (χ1n) is 7.16. The lowest BCUT2D eigenvalue weighted by Crippen LogP contribution is -2.57. The lowest BCUT2D eigenvalue weighted by Gasteiger charge is -2.33. The first-order valence-corrected chi connectivity index (χ1v) is 7.98. The first kappa shape index (κ1) is 28.0. The summed E-state index contributed by atoms with van der Waals surface area (Å²) < 4.78 is 172. The summed E-state index contributed by atoms with van der Waals surface area (Å²) in [5.74, 6) is -3.59. The Bertz CT molecular complexity index is 861. The number of carbonyl (C=O) groups is 2. The van der Waals surface area contributed by atoms with E-state index in [-0.39, 0.29) is 16.2 Å². The fourth-order valence-electron chi connectivity index (χ4n) is 1.54. The topological polar surface area (TPSA) is 61.8 Å². The predicted octanol–water partition coefficient (Wildman–Crippen LogP) is 5.67. The molecule has 1 aromatic heterocycles. The molecular weight excluding hydrogens is 515 g/mol. The molecule has 0 aliphatic heterocycles. The van der Waals surface area contributed by atoms with E-state index in [9.17, 15) is 66.7 Å². The molecule has 184 valence electrons. The van der Waals surface area contributed by atoms with Crippen molar-refractivity contribution in [3.63, 3.8) is 0 Å². The summed E-state index contributed by atoms with van der Waals surface area (Å²) in [6.45, 7) is 0.888. The van der Waals surface area contributed by atoms with Crippen LogP contribution in [0, 0.1) is 0 Å². The normalized spacial score (nSPS) is 14.6. The monoisotopic (exact) mass is 520 g/mol. The van der Waals surface area contributed by atoms with E-state index < -0.39 is 53.3 Å². The number of Topliss-reactive ketones (excluding diaryl/α,β-unsaturated/α-hetero) is 2. The van der Waals surface area contributed by atoms with E-state index in [0.29, 0.717) is 6.07 Å². The minimum absolute atomic E-state index is 0.0369. The molecule has 19 heteroatoms. The van der Waals surface area contributed by atoms with Crippen molar-refractivity contribution in [3.05, 3.63) is 21.9 Å². The Hall–Kier alpha value is -1.99. The maximum absolute atomic E-state index is 13.6. The standard InChI is InChI=1S/C13H5F13O5S/c1-4(27)5-2-3-6(32-5)7(28)8(14,15)29-9(16,17)10(18,19)30-11(20,21)12(22,23)31-13(24,25)26/h2-3H,1H3. The number of alkyl halides is 13. The Morgan fingerprint density at radius 2 is 1.03 bits per heavy atom. The van der Waals surface area contributed by atoms with Crippen molar-refractivity contribution in [1.29, 1.82) is 0 Å². The van der Waals surface area contributed by atoms with Crippen LogP contribution in [0.1, 0.15) is 26.3 Å². The van der Waals surface area contributed by atoms with Gasteiger partial charge in [0.15, 0.2) is 5.78 Å². The number of ether oxygens (including phenoxy) is 3. The fraction of sp³-hybridized carbons (Fsp3) is 0.538. The summed E-state index contributed by atoms with van der Waals surface area (Å²) in [5, 5.41) is 0. The zero-order valence-corrected chi connectivity index (χ0v) is 15.3. The van der Waals surface area contributed by atoms with Gasteiger partial charge in [0.2, 0.25) is 0 Å². The van der Waals surface area contributed by atoms with E-state index >= 15 is 0 Å². The lowest BCUT2D eigenvalue weighted by molar-refractivity contribution is -0.561. The Morgan fingerprint density at radius 1 is 0.656 bits per heavy atom. The smallest absolute Gasteiger partial charge is 0.294 e. The van der Waals surface area contributed by atoms with Crippen LogP contribution in [0.3, 0.4) is 0 Å². The molecule has 5 nitrogen and oxygen atoms in total. The van der Waals surface area contributed by atoms with Crippen molar-refractivity contribution in [2.45, 2.75) is 43.8 Å². The molecule has 1 rings (SSSR count). The molecule has 1 aromatic rings. The van der Waals surface area contributed by atoms with Crippen LogP contribution in [0.2, 0.25) is 0 Å².